The van der Waals surface area contributed by atoms with Gasteiger partial charge in [0.15, 0.2) is 0 Å². The van der Waals surface area contributed by atoms with Crippen molar-refractivity contribution in [3.8, 4) is 0 Å². The van der Waals surface area contributed by atoms with Gasteiger partial charge in [0.2, 0.25) is 11.8 Å². The fourth-order valence-corrected chi connectivity index (χ4v) is 1.82. The van der Waals surface area contributed by atoms with Crippen molar-refractivity contribution in [3.05, 3.63) is 0 Å². The standard InChI is InChI=1S/C12H19F3N2O3/c1-7(9(10(19)16-3)17-8(2)18)20-6-11(4-5-11)12(13,14)15/h7,9H,4-6H2,1-3H3,(H,16,19)(H,17,18). The molecule has 0 spiro atoms. The van der Waals surface area contributed by atoms with Crippen LogP contribution in [0.5, 0.6) is 0 Å². The van der Waals surface area contributed by atoms with Gasteiger partial charge in [-0.1, -0.05) is 0 Å². The van der Waals surface area contributed by atoms with Crippen LogP contribution in [-0.2, 0) is 14.3 Å². The first-order chi connectivity index (χ1) is 9.13. The van der Waals surface area contributed by atoms with Crippen LogP contribution in [0.4, 0.5) is 13.2 Å². The lowest BCUT2D eigenvalue weighted by Gasteiger charge is -2.26. The van der Waals surface area contributed by atoms with Crippen LogP contribution >= 0.6 is 0 Å². The number of alkyl halides is 3. The van der Waals surface area contributed by atoms with Crippen LogP contribution in [0.1, 0.15) is 26.7 Å². The van der Waals surface area contributed by atoms with E-state index in [-0.39, 0.29) is 12.8 Å². The first-order valence-corrected chi connectivity index (χ1v) is 6.30. The molecule has 2 amide bonds. The van der Waals surface area contributed by atoms with Gasteiger partial charge in [-0.15, -0.1) is 0 Å². The van der Waals surface area contributed by atoms with Crippen LogP contribution < -0.4 is 10.6 Å². The van der Waals surface area contributed by atoms with E-state index in [4.69, 9.17) is 4.74 Å². The van der Waals surface area contributed by atoms with Crippen molar-refractivity contribution in [1.82, 2.24) is 10.6 Å². The van der Waals surface area contributed by atoms with E-state index in [0.29, 0.717) is 0 Å². The third-order valence-electron chi connectivity index (χ3n) is 3.43. The Balaban J connectivity index is 2.61. The van der Waals surface area contributed by atoms with E-state index in [1.807, 2.05) is 0 Å². The van der Waals surface area contributed by atoms with Crippen molar-refractivity contribution in [2.75, 3.05) is 13.7 Å². The van der Waals surface area contributed by atoms with E-state index in [9.17, 15) is 22.8 Å². The first-order valence-electron chi connectivity index (χ1n) is 6.30. The molecule has 0 bridgehead atoms. The Morgan fingerprint density at radius 1 is 1.35 bits per heavy atom. The van der Waals surface area contributed by atoms with Gasteiger partial charge in [0, 0.05) is 14.0 Å². The molecule has 1 fully saturated rings. The molecule has 5 nitrogen and oxygen atoms in total. The second-order valence-electron chi connectivity index (χ2n) is 5.09. The Bertz CT molecular complexity index is 381. The Kier molecular flexibility index (Phi) is 5.01. The number of ether oxygens (including phenoxy) is 1. The Labute approximate surface area is 115 Å². The molecule has 0 radical (unpaired) electrons. The summed E-state index contributed by atoms with van der Waals surface area (Å²) in [5.74, 6) is -0.962. The SMILES string of the molecule is CNC(=O)C(NC(C)=O)C(C)OCC1(C(F)(F)F)CC1. The van der Waals surface area contributed by atoms with Crippen LogP contribution in [0.3, 0.4) is 0 Å². The molecule has 2 atom stereocenters. The van der Waals surface area contributed by atoms with Gasteiger partial charge in [-0.3, -0.25) is 9.59 Å². The lowest BCUT2D eigenvalue weighted by molar-refractivity contribution is -0.206. The maximum Gasteiger partial charge on any atom is 0.396 e. The van der Waals surface area contributed by atoms with E-state index in [1.165, 1.54) is 20.9 Å². The molecule has 0 aromatic rings. The summed E-state index contributed by atoms with van der Waals surface area (Å²) < 4.78 is 43.4. The number of carbonyl (C=O) groups excluding carboxylic acids is 2. The monoisotopic (exact) mass is 296 g/mol. The fourth-order valence-electron chi connectivity index (χ4n) is 1.82. The van der Waals surface area contributed by atoms with Gasteiger partial charge in [0.25, 0.3) is 0 Å². The number of nitrogens with one attached hydrogen (secondary N) is 2. The summed E-state index contributed by atoms with van der Waals surface area (Å²) in [6.07, 6.45) is -5.08. The Morgan fingerprint density at radius 2 is 1.90 bits per heavy atom. The summed E-state index contributed by atoms with van der Waals surface area (Å²) in [6.45, 7) is 2.19. The molecule has 116 valence electrons. The summed E-state index contributed by atoms with van der Waals surface area (Å²) in [6, 6.07) is -1.01. The predicted octanol–water partition coefficient (Wildman–Crippen LogP) is 0.985. The van der Waals surface area contributed by atoms with Crippen molar-refractivity contribution >= 4 is 11.8 Å². The molecular weight excluding hydrogens is 277 g/mol. The zero-order chi connectivity index (χ0) is 15.6. The van der Waals surface area contributed by atoms with Gasteiger partial charge >= 0.3 is 6.18 Å². The topological polar surface area (TPSA) is 67.4 Å². The lowest BCUT2D eigenvalue weighted by Crippen LogP contribution is -2.52. The van der Waals surface area contributed by atoms with Crippen molar-refractivity contribution < 1.29 is 27.5 Å². The highest BCUT2D eigenvalue weighted by Gasteiger charge is 2.63. The maximum absolute atomic E-state index is 12.8. The summed E-state index contributed by atoms with van der Waals surface area (Å²) in [5, 5.41) is 4.71. The molecule has 0 aromatic carbocycles. The van der Waals surface area contributed by atoms with Crippen LogP contribution in [-0.4, -0.2) is 43.8 Å². The number of carbonyl (C=O) groups is 2. The molecule has 20 heavy (non-hydrogen) atoms. The summed E-state index contributed by atoms with van der Waals surface area (Å²) in [7, 11) is 1.38. The van der Waals surface area contributed by atoms with Gasteiger partial charge in [-0.05, 0) is 19.8 Å². The van der Waals surface area contributed by atoms with E-state index in [1.54, 1.807) is 0 Å². The average molecular weight is 296 g/mol. The minimum Gasteiger partial charge on any atom is -0.375 e. The van der Waals surface area contributed by atoms with E-state index >= 15 is 0 Å². The molecule has 0 aromatic heterocycles. The zero-order valence-corrected chi connectivity index (χ0v) is 11.6. The fraction of sp³-hybridized carbons (Fsp3) is 0.833. The van der Waals surface area contributed by atoms with E-state index in [2.05, 4.69) is 10.6 Å². The molecule has 2 N–H and O–H groups in total. The molecular formula is C12H19F3N2O3. The molecule has 1 aliphatic carbocycles. The summed E-state index contributed by atoms with van der Waals surface area (Å²) in [5.41, 5.74) is -1.79. The number of amides is 2. The zero-order valence-electron chi connectivity index (χ0n) is 11.6. The average Bonchev–Trinajstić information content (AvgIpc) is 3.12. The van der Waals surface area contributed by atoms with Crippen LogP contribution in [0.15, 0.2) is 0 Å². The molecule has 8 heteroatoms. The number of hydrogen-bond donors (Lipinski definition) is 2. The van der Waals surface area contributed by atoms with E-state index < -0.39 is 42.2 Å². The summed E-state index contributed by atoms with van der Waals surface area (Å²) in [4.78, 5) is 22.6. The van der Waals surface area contributed by atoms with Crippen molar-refractivity contribution in [3.63, 3.8) is 0 Å². The molecule has 1 rings (SSSR count). The summed E-state index contributed by atoms with van der Waals surface area (Å²) >= 11 is 0. The molecule has 2 unspecified atom stereocenters. The minimum atomic E-state index is -4.30. The van der Waals surface area contributed by atoms with Crippen LogP contribution in [0, 0.1) is 5.41 Å². The van der Waals surface area contributed by atoms with Crippen molar-refractivity contribution in [2.45, 2.75) is 45.0 Å². The molecule has 0 saturated heterocycles. The second-order valence-corrected chi connectivity index (χ2v) is 5.09. The Hall–Kier alpha value is -1.31. The second kappa shape index (κ2) is 5.99. The maximum atomic E-state index is 12.8. The molecule has 0 aliphatic heterocycles. The highest BCUT2D eigenvalue weighted by atomic mass is 19.4. The van der Waals surface area contributed by atoms with Gasteiger partial charge in [-0.25, -0.2) is 0 Å². The van der Waals surface area contributed by atoms with Crippen LogP contribution in [0.2, 0.25) is 0 Å². The van der Waals surface area contributed by atoms with E-state index in [0.717, 1.165) is 0 Å². The molecule has 1 aliphatic rings. The molecule has 1 saturated carbocycles. The third-order valence-corrected chi connectivity index (χ3v) is 3.43. The van der Waals surface area contributed by atoms with Crippen molar-refractivity contribution in [2.24, 2.45) is 5.41 Å². The van der Waals surface area contributed by atoms with Gasteiger partial charge < -0.3 is 15.4 Å². The third kappa shape index (κ3) is 3.84. The Morgan fingerprint density at radius 3 is 2.25 bits per heavy atom. The van der Waals surface area contributed by atoms with Gasteiger partial charge in [-0.2, -0.15) is 13.2 Å². The highest BCUT2D eigenvalue weighted by Crippen LogP contribution is 2.57. The largest absolute Gasteiger partial charge is 0.396 e. The molecule has 0 heterocycles. The first kappa shape index (κ1) is 16.7. The lowest BCUT2D eigenvalue weighted by atomic mass is 10.1. The number of rotatable bonds is 6. The normalized spacial score (nSPS) is 19.9. The van der Waals surface area contributed by atoms with Crippen LogP contribution in [0.25, 0.3) is 0 Å². The van der Waals surface area contributed by atoms with Gasteiger partial charge in [0.05, 0.1) is 18.1 Å². The van der Waals surface area contributed by atoms with Crippen molar-refractivity contribution in [1.29, 1.82) is 0 Å². The minimum absolute atomic E-state index is 0.0357. The predicted molar refractivity (Wildman–Crippen MR) is 64.8 cm³/mol. The number of likely N-dealkylation sites (N-methyl/N-ethyl adjacent to an activating group) is 1. The highest BCUT2D eigenvalue weighted by molar-refractivity contribution is 5.87. The number of halogens is 3. The smallest absolute Gasteiger partial charge is 0.375 e. The number of hydrogen-bond acceptors (Lipinski definition) is 3. The van der Waals surface area contributed by atoms with Gasteiger partial charge in [0.1, 0.15) is 6.04 Å². The quantitative estimate of drug-likeness (QED) is 0.768.